The number of anilines is 1. The van der Waals surface area contributed by atoms with Gasteiger partial charge in [0, 0.05) is 24.4 Å². The summed E-state index contributed by atoms with van der Waals surface area (Å²) in [7, 11) is 0. The second-order valence-corrected chi connectivity index (χ2v) is 5.54. The lowest BCUT2D eigenvalue weighted by Crippen LogP contribution is -2.07. The van der Waals surface area contributed by atoms with Gasteiger partial charge in [-0.1, -0.05) is 12.1 Å². The summed E-state index contributed by atoms with van der Waals surface area (Å²) in [6.07, 6.45) is 4.57. The number of benzene rings is 1. The molecule has 2 heterocycles. The highest BCUT2D eigenvalue weighted by molar-refractivity contribution is 5.68. The predicted molar refractivity (Wildman–Crippen MR) is 78.9 cm³/mol. The van der Waals surface area contributed by atoms with Crippen LogP contribution >= 0.6 is 0 Å². The van der Waals surface area contributed by atoms with E-state index in [4.69, 9.17) is 0 Å². The SMILES string of the molecule is Cc1cc2c(N[C@@H]3C[C@H]3c3cccc(F)c3)nccn2n1. The van der Waals surface area contributed by atoms with Gasteiger partial charge in [-0.3, -0.25) is 0 Å². The Morgan fingerprint density at radius 1 is 1.33 bits per heavy atom. The number of fused-ring (bicyclic) bond motifs is 1. The number of nitrogens with zero attached hydrogens (tertiary/aromatic N) is 3. The molecule has 0 unspecified atom stereocenters. The molecule has 0 aliphatic heterocycles. The topological polar surface area (TPSA) is 42.2 Å². The summed E-state index contributed by atoms with van der Waals surface area (Å²) in [5.41, 5.74) is 2.98. The molecule has 3 aromatic rings. The second kappa shape index (κ2) is 4.55. The molecular formula is C16H15FN4. The van der Waals surface area contributed by atoms with Crippen LogP contribution in [0.5, 0.6) is 0 Å². The molecular weight excluding hydrogens is 267 g/mol. The van der Waals surface area contributed by atoms with E-state index in [-0.39, 0.29) is 5.82 Å². The maximum Gasteiger partial charge on any atom is 0.152 e. The molecule has 4 nitrogen and oxygen atoms in total. The normalized spacial score (nSPS) is 20.7. The molecule has 0 saturated heterocycles. The molecule has 106 valence electrons. The van der Waals surface area contributed by atoms with E-state index in [1.807, 2.05) is 29.8 Å². The van der Waals surface area contributed by atoms with E-state index in [0.717, 1.165) is 29.0 Å². The fourth-order valence-corrected chi connectivity index (χ4v) is 2.79. The third-order valence-electron chi connectivity index (χ3n) is 3.90. The smallest absolute Gasteiger partial charge is 0.152 e. The third-order valence-corrected chi connectivity index (χ3v) is 3.90. The van der Waals surface area contributed by atoms with Crippen molar-refractivity contribution in [1.82, 2.24) is 14.6 Å². The molecule has 1 aromatic carbocycles. The van der Waals surface area contributed by atoms with E-state index >= 15 is 0 Å². The summed E-state index contributed by atoms with van der Waals surface area (Å²) in [4.78, 5) is 4.40. The number of aromatic nitrogens is 3. The van der Waals surface area contributed by atoms with Crippen LogP contribution in [0.1, 0.15) is 23.6 Å². The number of nitrogens with one attached hydrogen (secondary N) is 1. The van der Waals surface area contributed by atoms with E-state index in [1.54, 1.807) is 18.3 Å². The predicted octanol–water partition coefficient (Wildman–Crippen LogP) is 3.14. The van der Waals surface area contributed by atoms with Crippen molar-refractivity contribution < 1.29 is 4.39 Å². The van der Waals surface area contributed by atoms with Crippen molar-refractivity contribution in [3.05, 3.63) is 59.8 Å². The third kappa shape index (κ3) is 2.24. The van der Waals surface area contributed by atoms with E-state index in [1.165, 1.54) is 6.07 Å². The van der Waals surface area contributed by atoms with Crippen LogP contribution in [0.15, 0.2) is 42.7 Å². The van der Waals surface area contributed by atoms with Crippen LogP contribution in [-0.2, 0) is 0 Å². The first-order valence-corrected chi connectivity index (χ1v) is 7.04. The molecule has 1 aliphatic rings. The molecule has 1 saturated carbocycles. The average Bonchev–Trinajstić information content (AvgIpc) is 3.11. The molecule has 4 rings (SSSR count). The Hall–Kier alpha value is -2.43. The quantitative estimate of drug-likeness (QED) is 0.802. The van der Waals surface area contributed by atoms with Gasteiger partial charge in [-0.15, -0.1) is 0 Å². The van der Waals surface area contributed by atoms with Crippen LogP contribution in [-0.4, -0.2) is 20.6 Å². The summed E-state index contributed by atoms with van der Waals surface area (Å²) in [5, 5.41) is 7.82. The second-order valence-electron chi connectivity index (χ2n) is 5.54. The molecule has 5 heteroatoms. The van der Waals surface area contributed by atoms with Gasteiger partial charge in [-0.05, 0) is 37.1 Å². The Kier molecular flexibility index (Phi) is 2.67. The number of rotatable bonds is 3. The highest BCUT2D eigenvalue weighted by atomic mass is 19.1. The van der Waals surface area contributed by atoms with Gasteiger partial charge in [-0.25, -0.2) is 13.9 Å². The lowest BCUT2D eigenvalue weighted by atomic mass is 10.1. The minimum Gasteiger partial charge on any atom is -0.365 e. The largest absolute Gasteiger partial charge is 0.365 e. The van der Waals surface area contributed by atoms with E-state index in [2.05, 4.69) is 15.4 Å². The summed E-state index contributed by atoms with van der Waals surface area (Å²) >= 11 is 0. The van der Waals surface area contributed by atoms with Gasteiger partial charge in [0.1, 0.15) is 11.3 Å². The Labute approximate surface area is 121 Å². The van der Waals surface area contributed by atoms with Crippen LogP contribution < -0.4 is 5.32 Å². The number of halogens is 1. The van der Waals surface area contributed by atoms with Crippen molar-refractivity contribution >= 4 is 11.3 Å². The molecule has 0 radical (unpaired) electrons. The van der Waals surface area contributed by atoms with Crippen LogP contribution in [0.25, 0.3) is 5.52 Å². The van der Waals surface area contributed by atoms with Gasteiger partial charge in [0.2, 0.25) is 0 Å². The maximum atomic E-state index is 13.3. The minimum absolute atomic E-state index is 0.176. The van der Waals surface area contributed by atoms with Crippen molar-refractivity contribution in [3.8, 4) is 0 Å². The van der Waals surface area contributed by atoms with Crippen molar-refractivity contribution in [2.45, 2.75) is 25.3 Å². The van der Waals surface area contributed by atoms with Gasteiger partial charge < -0.3 is 5.32 Å². The maximum absolute atomic E-state index is 13.3. The highest BCUT2D eigenvalue weighted by Gasteiger charge is 2.39. The lowest BCUT2D eigenvalue weighted by molar-refractivity contribution is 0.625. The van der Waals surface area contributed by atoms with Crippen molar-refractivity contribution in [3.63, 3.8) is 0 Å². The molecule has 0 bridgehead atoms. The molecule has 0 spiro atoms. The monoisotopic (exact) mass is 282 g/mol. The first kappa shape index (κ1) is 12.3. The van der Waals surface area contributed by atoms with E-state index < -0.39 is 0 Å². The molecule has 2 aromatic heterocycles. The van der Waals surface area contributed by atoms with Gasteiger partial charge in [0.05, 0.1) is 5.69 Å². The number of aryl methyl sites for hydroxylation is 1. The standard InChI is InChI=1S/C16H15FN4/c1-10-7-15-16(18-5-6-21(15)20-10)19-14-9-13(14)11-3-2-4-12(17)8-11/h2-8,13-14H,9H2,1H3,(H,18,19)/t13-,14+/m0/s1. The molecule has 0 amide bonds. The molecule has 21 heavy (non-hydrogen) atoms. The Morgan fingerprint density at radius 3 is 3.10 bits per heavy atom. The van der Waals surface area contributed by atoms with Crippen LogP contribution in [0, 0.1) is 12.7 Å². The van der Waals surface area contributed by atoms with Gasteiger partial charge >= 0.3 is 0 Å². The lowest BCUT2D eigenvalue weighted by Gasteiger charge is -2.06. The first-order chi connectivity index (χ1) is 10.2. The molecule has 1 N–H and O–H groups in total. The zero-order valence-corrected chi connectivity index (χ0v) is 11.6. The Balaban J connectivity index is 1.57. The van der Waals surface area contributed by atoms with E-state index in [9.17, 15) is 4.39 Å². The van der Waals surface area contributed by atoms with Gasteiger partial charge in [-0.2, -0.15) is 5.10 Å². The summed E-state index contributed by atoms with van der Waals surface area (Å²) in [6, 6.07) is 9.15. The van der Waals surface area contributed by atoms with Crippen molar-refractivity contribution in [1.29, 1.82) is 0 Å². The Bertz CT molecular complexity index is 811. The summed E-state index contributed by atoms with van der Waals surface area (Å²) < 4.78 is 15.1. The molecule has 1 aliphatic carbocycles. The summed E-state index contributed by atoms with van der Waals surface area (Å²) in [6.45, 7) is 1.96. The minimum atomic E-state index is -0.176. The fourth-order valence-electron chi connectivity index (χ4n) is 2.79. The first-order valence-electron chi connectivity index (χ1n) is 7.04. The van der Waals surface area contributed by atoms with Crippen molar-refractivity contribution in [2.75, 3.05) is 5.32 Å². The zero-order valence-electron chi connectivity index (χ0n) is 11.6. The molecule has 2 atom stereocenters. The fraction of sp³-hybridized carbons (Fsp3) is 0.250. The zero-order chi connectivity index (χ0) is 14.4. The average molecular weight is 282 g/mol. The number of hydrogen-bond acceptors (Lipinski definition) is 3. The van der Waals surface area contributed by atoms with Crippen LogP contribution in [0.2, 0.25) is 0 Å². The summed E-state index contributed by atoms with van der Waals surface area (Å²) in [5.74, 6) is 1.01. The van der Waals surface area contributed by atoms with Crippen molar-refractivity contribution in [2.24, 2.45) is 0 Å². The van der Waals surface area contributed by atoms with Crippen LogP contribution in [0.3, 0.4) is 0 Å². The highest BCUT2D eigenvalue weighted by Crippen LogP contribution is 2.43. The van der Waals surface area contributed by atoms with Gasteiger partial charge in [0.15, 0.2) is 5.82 Å². The Morgan fingerprint density at radius 2 is 2.24 bits per heavy atom. The van der Waals surface area contributed by atoms with E-state index in [0.29, 0.717) is 12.0 Å². The van der Waals surface area contributed by atoms with Crippen LogP contribution in [0.4, 0.5) is 10.2 Å². The number of hydrogen-bond donors (Lipinski definition) is 1. The molecule has 1 fully saturated rings. The van der Waals surface area contributed by atoms with Gasteiger partial charge in [0.25, 0.3) is 0 Å².